The van der Waals surface area contributed by atoms with Crippen molar-refractivity contribution in [3.8, 4) is 5.69 Å². The molecule has 1 heterocycles. The summed E-state index contributed by atoms with van der Waals surface area (Å²) in [4.78, 5) is 10.5. The molecule has 0 saturated heterocycles. The fraction of sp³-hybridized carbons (Fsp3) is 0.167. The second kappa shape index (κ2) is 4.80. The number of benzene rings is 1. The Kier molecular flexibility index (Phi) is 3.20. The first-order valence-corrected chi connectivity index (χ1v) is 5.16. The van der Waals surface area contributed by atoms with E-state index in [1.54, 1.807) is 10.9 Å². The van der Waals surface area contributed by atoms with Crippen molar-refractivity contribution in [2.75, 3.05) is 0 Å². The molecule has 2 rings (SSSR count). The molecule has 1 aromatic heterocycles. The number of aliphatic carboxylic acids is 1. The van der Waals surface area contributed by atoms with E-state index in [2.05, 4.69) is 5.10 Å². The Bertz CT molecular complexity index is 507. The molecule has 17 heavy (non-hydrogen) atoms. The molecule has 88 valence electrons. The Morgan fingerprint density at radius 3 is 2.71 bits per heavy atom. The fourth-order valence-corrected chi connectivity index (χ4v) is 1.51. The Labute approximate surface area is 97.9 Å². The minimum Gasteiger partial charge on any atom is -0.481 e. The first-order chi connectivity index (χ1) is 8.16. The molecular weight excluding hydrogens is 220 g/mol. The molecular formula is C12H12N2O3. The lowest BCUT2D eigenvalue weighted by molar-refractivity contribution is -0.139. The molecule has 0 fully saturated rings. The monoisotopic (exact) mass is 232 g/mol. The highest BCUT2D eigenvalue weighted by Crippen LogP contribution is 2.17. The molecule has 0 bridgehead atoms. The van der Waals surface area contributed by atoms with Crippen LogP contribution < -0.4 is 0 Å². The van der Waals surface area contributed by atoms with Crippen LogP contribution in [0.1, 0.15) is 18.1 Å². The zero-order valence-corrected chi connectivity index (χ0v) is 9.02. The van der Waals surface area contributed by atoms with Crippen LogP contribution in [0.2, 0.25) is 0 Å². The van der Waals surface area contributed by atoms with Crippen molar-refractivity contribution >= 4 is 5.97 Å². The largest absolute Gasteiger partial charge is 0.481 e. The minimum atomic E-state index is -1.04. The van der Waals surface area contributed by atoms with Gasteiger partial charge in [-0.1, -0.05) is 18.2 Å². The number of aliphatic hydroxyl groups is 1. The predicted molar refractivity (Wildman–Crippen MR) is 60.8 cm³/mol. The number of para-hydroxylation sites is 1. The normalized spacial score (nSPS) is 12.3. The lowest BCUT2D eigenvalue weighted by atomic mass is 10.1. The molecule has 0 unspecified atom stereocenters. The maximum atomic E-state index is 10.5. The third kappa shape index (κ3) is 2.70. The Morgan fingerprint density at radius 2 is 2.06 bits per heavy atom. The van der Waals surface area contributed by atoms with E-state index in [1.807, 2.05) is 30.3 Å². The second-order valence-corrected chi connectivity index (χ2v) is 3.67. The van der Waals surface area contributed by atoms with Gasteiger partial charge in [0.25, 0.3) is 0 Å². The summed E-state index contributed by atoms with van der Waals surface area (Å²) in [6, 6.07) is 9.41. The van der Waals surface area contributed by atoms with Gasteiger partial charge in [-0.2, -0.15) is 5.10 Å². The van der Waals surface area contributed by atoms with Crippen LogP contribution in [0.15, 0.2) is 42.7 Å². The summed E-state index contributed by atoms with van der Waals surface area (Å²) in [6.07, 6.45) is 1.76. The fourth-order valence-electron chi connectivity index (χ4n) is 1.51. The topological polar surface area (TPSA) is 75.3 Å². The van der Waals surface area contributed by atoms with Crippen molar-refractivity contribution in [2.45, 2.75) is 12.5 Å². The molecule has 0 aliphatic heterocycles. The van der Waals surface area contributed by atoms with E-state index >= 15 is 0 Å². The number of carboxylic acids is 1. The summed E-state index contributed by atoms with van der Waals surface area (Å²) >= 11 is 0. The molecule has 0 aliphatic carbocycles. The molecule has 0 radical (unpaired) electrons. The summed E-state index contributed by atoms with van der Waals surface area (Å²) in [5, 5.41) is 22.3. The predicted octanol–water partition coefficient (Wildman–Crippen LogP) is 1.38. The van der Waals surface area contributed by atoms with Gasteiger partial charge in [0.05, 0.1) is 24.4 Å². The van der Waals surface area contributed by atoms with Crippen LogP contribution in [-0.2, 0) is 4.79 Å². The Balaban J connectivity index is 2.19. The van der Waals surface area contributed by atoms with Crippen molar-refractivity contribution in [1.29, 1.82) is 0 Å². The van der Waals surface area contributed by atoms with Gasteiger partial charge in [0.15, 0.2) is 0 Å². The van der Waals surface area contributed by atoms with Crippen LogP contribution >= 0.6 is 0 Å². The lowest BCUT2D eigenvalue weighted by Gasteiger charge is -2.03. The summed E-state index contributed by atoms with van der Waals surface area (Å²) in [6.45, 7) is 0. The molecule has 1 aromatic carbocycles. The van der Waals surface area contributed by atoms with Crippen LogP contribution in [0.4, 0.5) is 0 Å². The molecule has 2 aromatic rings. The van der Waals surface area contributed by atoms with Gasteiger partial charge in [0, 0.05) is 11.8 Å². The molecule has 5 nitrogen and oxygen atoms in total. The third-order valence-electron chi connectivity index (χ3n) is 2.38. The van der Waals surface area contributed by atoms with Gasteiger partial charge in [0.1, 0.15) is 0 Å². The van der Waals surface area contributed by atoms with Crippen molar-refractivity contribution in [3.05, 3.63) is 48.3 Å². The van der Waals surface area contributed by atoms with Gasteiger partial charge in [0.2, 0.25) is 0 Å². The number of hydrogen-bond acceptors (Lipinski definition) is 3. The van der Waals surface area contributed by atoms with Gasteiger partial charge in [-0.05, 0) is 12.1 Å². The van der Waals surface area contributed by atoms with Crippen LogP contribution in [0.25, 0.3) is 5.69 Å². The molecule has 5 heteroatoms. The van der Waals surface area contributed by atoms with Crippen molar-refractivity contribution in [2.24, 2.45) is 0 Å². The number of hydrogen-bond donors (Lipinski definition) is 2. The SMILES string of the molecule is O=C(O)C[C@@H](O)c1cnn(-c2ccccc2)c1. The van der Waals surface area contributed by atoms with Gasteiger partial charge in [-0.25, -0.2) is 4.68 Å². The zero-order valence-electron chi connectivity index (χ0n) is 9.02. The van der Waals surface area contributed by atoms with Gasteiger partial charge in [-0.15, -0.1) is 0 Å². The number of rotatable bonds is 4. The van der Waals surface area contributed by atoms with E-state index in [0.717, 1.165) is 5.69 Å². The molecule has 0 saturated carbocycles. The standard InChI is InChI=1S/C12H12N2O3/c15-11(6-12(16)17)9-7-13-14(8-9)10-4-2-1-3-5-10/h1-5,7-8,11,15H,6H2,(H,16,17)/t11-/m1/s1. The average molecular weight is 232 g/mol. The molecule has 0 amide bonds. The first kappa shape index (κ1) is 11.3. The summed E-state index contributed by atoms with van der Waals surface area (Å²) < 4.78 is 1.60. The van der Waals surface area contributed by atoms with Crippen molar-refractivity contribution < 1.29 is 15.0 Å². The number of aromatic nitrogens is 2. The highest BCUT2D eigenvalue weighted by atomic mass is 16.4. The zero-order chi connectivity index (χ0) is 12.3. The van der Waals surface area contributed by atoms with E-state index in [9.17, 15) is 9.90 Å². The number of nitrogens with zero attached hydrogens (tertiary/aromatic N) is 2. The maximum Gasteiger partial charge on any atom is 0.306 e. The number of carboxylic acid groups (broad SMARTS) is 1. The smallest absolute Gasteiger partial charge is 0.306 e. The summed E-state index contributed by atoms with van der Waals surface area (Å²) in [5.74, 6) is -1.04. The van der Waals surface area contributed by atoms with Crippen LogP contribution in [0.5, 0.6) is 0 Å². The molecule has 0 aliphatic rings. The average Bonchev–Trinajstić information content (AvgIpc) is 2.78. The highest BCUT2D eigenvalue weighted by molar-refractivity contribution is 5.67. The summed E-state index contributed by atoms with van der Waals surface area (Å²) in [7, 11) is 0. The third-order valence-corrected chi connectivity index (χ3v) is 2.38. The van der Waals surface area contributed by atoms with Crippen LogP contribution in [0, 0.1) is 0 Å². The second-order valence-electron chi connectivity index (χ2n) is 3.67. The lowest BCUT2D eigenvalue weighted by Crippen LogP contribution is -2.04. The number of aliphatic hydroxyl groups excluding tert-OH is 1. The van der Waals surface area contributed by atoms with Crippen LogP contribution in [0.3, 0.4) is 0 Å². The number of carbonyl (C=O) groups is 1. The summed E-state index contributed by atoms with van der Waals surface area (Å²) in [5.41, 5.74) is 1.36. The highest BCUT2D eigenvalue weighted by Gasteiger charge is 2.14. The van der Waals surface area contributed by atoms with E-state index in [-0.39, 0.29) is 6.42 Å². The quantitative estimate of drug-likeness (QED) is 0.835. The Morgan fingerprint density at radius 1 is 1.35 bits per heavy atom. The van der Waals surface area contributed by atoms with Crippen molar-refractivity contribution in [1.82, 2.24) is 9.78 Å². The van der Waals surface area contributed by atoms with E-state index in [0.29, 0.717) is 5.56 Å². The van der Waals surface area contributed by atoms with Gasteiger partial charge < -0.3 is 10.2 Å². The molecule has 0 spiro atoms. The van der Waals surface area contributed by atoms with Gasteiger partial charge >= 0.3 is 5.97 Å². The molecule has 1 atom stereocenters. The van der Waals surface area contributed by atoms with Crippen LogP contribution in [-0.4, -0.2) is 26.0 Å². The van der Waals surface area contributed by atoms with Gasteiger partial charge in [-0.3, -0.25) is 4.79 Å². The van der Waals surface area contributed by atoms with E-state index < -0.39 is 12.1 Å². The molecule has 2 N–H and O–H groups in total. The Hall–Kier alpha value is -2.14. The minimum absolute atomic E-state index is 0.319. The van der Waals surface area contributed by atoms with Crippen molar-refractivity contribution in [3.63, 3.8) is 0 Å². The van der Waals surface area contributed by atoms with E-state index in [4.69, 9.17) is 5.11 Å². The maximum absolute atomic E-state index is 10.5. The first-order valence-electron chi connectivity index (χ1n) is 5.16. The van der Waals surface area contributed by atoms with E-state index in [1.165, 1.54) is 6.20 Å².